The summed E-state index contributed by atoms with van der Waals surface area (Å²) in [5.41, 5.74) is 0.818. The van der Waals surface area contributed by atoms with Crippen LogP contribution in [0.25, 0.3) is 0 Å². The summed E-state index contributed by atoms with van der Waals surface area (Å²) in [5, 5.41) is 7.00. The number of methoxy groups -OCH3 is 1. The van der Waals surface area contributed by atoms with E-state index in [4.69, 9.17) is 9.26 Å². The van der Waals surface area contributed by atoms with Crippen molar-refractivity contribution in [3.8, 4) is 5.75 Å². The first-order valence-corrected chi connectivity index (χ1v) is 7.42. The number of para-hydroxylation sites is 1. The summed E-state index contributed by atoms with van der Waals surface area (Å²) in [5.74, 6) is 1.71. The zero-order chi connectivity index (χ0) is 15.5. The van der Waals surface area contributed by atoms with Crippen LogP contribution in [-0.4, -0.2) is 23.2 Å². The normalized spacial score (nSPS) is 15.9. The smallest absolute Gasteiger partial charge is 0.223 e. The summed E-state index contributed by atoms with van der Waals surface area (Å²) >= 11 is 0. The van der Waals surface area contributed by atoms with Gasteiger partial charge in [-0.15, -0.1) is 0 Å². The Bertz CT molecular complexity index is 664. The van der Waals surface area contributed by atoms with E-state index in [1.165, 1.54) is 0 Å². The summed E-state index contributed by atoms with van der Waals surface area (Å²) in [6.45, 7) is 1.73. The van der Waals surface area contributed by atoms with Gasteiger partial charge in [-0.1, -0.05) is 29.8 Å². The number of rotatable bonds is 5. The lowest BCUT2D eigenvalue weighted by atomic mass is 9.84. The van der Waals surface area contributed by atoms with Crippen LogP contribution in [0.5, 0.6) is 5.75 Å². The molecule has 1 aliphatic carbocycles. The van der Waals surface area contributed by atoms with E-state index >= 15 is 0 Å². The Labute approximate surface area is 128 Å². The minimum atomic E-state index is -0.471. The molecule has 22 heavy (non-hydrogen) atoms. The zero-order valence-electron chi connectivity index (χ0n) is 12.7. The second-order valence-corrected chi connectivity index (χ2v) is 5.48. The fourth-order valence-corrected chi connectivity index (χ4v) is 2.55. The van der Waals surface area contributed by atoms with Crippen LogP contribution in [0.3, 0.4) is 0 Å². The third-order valence-electron chi connectivity index (χ3n) is 4.01. The Morgan fingerprint density at radius 1 is 1.41 bits per heavy atom. The molecule has 1 unspecified atom stereocenters. The molecular formula is C16H19N3O3. The van der Waals surface area contributed by atoms with Crippen LogP contribution < -0.4 is 10.1 Å². The number of amides is 1. The molecule has 1 N–H and O–H groups in total. The molecule has 3 rings (SSSR count). The molecule has 1 aromatic heterocycles. The first-order chi connectivity index (χ1) is 10.7. The molecule has 1 fully saturated rings. The van der Waals surface area contributed by atoms with Gasteiger partial charge in [0.2, 0.25) is 11.8 Å². The van der Waals surface area contributed by atoms with Gasteiger partial charge in [0.05, 0.1) is 7.11 Å². The van der Waals surface area contributed by atoms with Crippen LogP contribution in [-0.2, 0) is 4.79 Å². The van der Waals surface area contributed by atoms with Gasteiger partial charge in [-0.2, -0.15) is 4.98 Å². The molecule has 0 saturated heterocycles. The van der Waals surface area contributed by atoms with Crippen molar-refractivity contribution in [2.24, 2.45) is 5.92 Å². The van der Waals surface area contributed by atoms with Crippen molar-refractivity contribution >= 4 is 5.91 Å². The van der Waals surface area contributed by atoms with E-state index in [-0.39, 0.29) is 11.8 Å². The van der Waals surface area contributed by atoms with Crippen LogP contribution in [0.2, 0.25) is 0 Å². The standard InChI is InChI=1S/C16H19N3O3/c1-10-17-15(19-22-10)14(18-16(20)11-6-5-7-11)12-8-3-4-9-13(12)21-2/h3-4,8-9,11,14H,5-7H2,1-2H3,(H,18,20). The summed E-state index contributed by atoms with van der Waals surface area (Å²) in [7, 11) is 1.60. The second kappa shape index (κ2) is 6.17. The van der Waals surface area contributed by atoms with E-state index in [2.05, 4.69) is 15.5 Å². The number of aryl methyl sites for hydroxylation is 1. The molecule has 116 valence electrons. The highest BCUT2D eigenvalue weighted by atomic mass is 16.5. The van der Waals surface area contributed by atoms with E-state index in [1.807, 2.05) is 24.3 Å². The average molecular weight is 301 g/mol. The van der Waals surface area contributed by atoms with E-state index in [1.54, 1.807) is 14.0 Å². The van der Waals surface area contributed by atoms with Crippen LogP contribution >= 0.6 is 0 Å². The van der Waals surface area contributed by atoms with Gasteiger partial charge in [-0.05, 0) is 18.9 Å². The summed E-state index contributed by atoms with van der Waals surface area (Å²) in [6, 6.07) is 7.06. The number of benzene rings is 1. The fraction of sp³-hybridized carbons (Fsp3) is 0.438. The van der Waals surface area contributed by atoms with Gasteiger partial charge in [-0.25, -0.2) is 0 Å². The molecule has 1 heterocycles. The van der Waals surface area contributed by atoms with Crippen molar-refractivity contribution in [3.63, 3.8) is 0 Å². The molecule has 1 amide bonds. The molecule has 6 heteroatoms. The Morgan fingerprint density at radius 2 is 2.18 bits per heavy atom. The quantitative estimate of drug-likeness (QED) is 0.917. The molecule has 0 radical (unpaired) electrons. The van der Waals surface area contributed by atoms with E-state index < -0.39 is 6.04 Å². The highest BCUT2D eigenvalue weighted by molar-refractivity contribution is 5.80. The van der Waals surface area contributed by atoms with Gasteiger partial charge in [-0.3, -0.25) is 4.79 Å². The predicted molar refractivity (Wildman–Crippen MR) is 79.4 cm³/mol. The topological polar surface area (TPSA) is 77.2 Å². The van der Waals surface area contributed by atoms with Crippen molar-refractivity contribution in [1.82, 2.24) is 15.5 Å². The van der Waals surface area contributed by atoms with Crippen molar-refractivity contribution in [3.05, 3.63) is 41.5 Å². The number of hydrogen-bond donors (Lipinski definition) is 1. The number of carbonyl (C=O) groups excluding carboxylic acids is 1. The number of nitrogens with zero attached hydrogens (tertiary/aromatic N) is 2. The number of hydrogen-bond acceptors (Lipinski definition) is 5. The predicted octanol–water partition coefficient (Wildman–Crippen LogP) is 2.39. The minimum absolute atomic E-state index is 0.0320. The molecule has 1 saturated carbocycles. The van der Waals surface area contributed by atoms with Crippen LogP contribution in [0.1, 0.15) is 42.6 Å². The van der Waals surface area contributed by atoms with Gasteiger partial charge in [0.25, 0.3) is 0 Å². The third-order valence-corrected chi connectivity index (χ3v) is 4.01. The van der Waals surface area contributed by atoms with Crippen molar-refractivity contribution in [2.45, 2.75) is 32.2 Å². The van der Waals surface area contributed by atoms with Crippen LogP contribution in [0.4, 0.5) is 0 Å². The summed E-state index contributed by atoms with van der Waals surface area (Å²) in [4.78, 5) is 16.6. The maximum atomic E-state index is 12.4. The first kappa shape index (κ1) is 14.6. The van der Waals surface area contributed by atoms with Crippen molar-refractivity contribution in [2.75, 3.05) is 7.11 Å². The number of nitrogens with one attached hydrogen (secondary N) is 1. The molecule has 1 aromatic carbocycles. The first-order valence-electron chi connectivity index (χ1n) is 7.42. The van der Waals surface area contributed by atoms with Crippen molar-refractivity contribution in [1.29, 1.82) is 0 Å². The van der Waals surface area contributed by atoms with E-state index in [0.717, 1.165) is 24.8 Å². The van der Waals surface area contributed by atoms with E-state index in [9.17, 15) is 4.79 Å². The maximum Gasteiger partial charge on any atom is 0.223 e. The number of carbonyl (C=O) groups is 1. The zero-order valence-corrected chi connectivity index (χ0v) is 12.7. The van der Waals surface area contributed by atoms with Gasteiger partial charge in [0.1, 0.15) is 11.8 Å². The monoisotopic (exact) mass is 301 g/mol. The molecule has 1 atom stereocenters. The second-order valence-electron chi connectivity index (χ2n) is 5.48. The molecular weight excluding hydrogens is 282 g/mol. The fourth-order valence-electron chi connectivity index (χ4n) is 2.55. The Hall–Kier alpha value is -2.37. The third kappa shape index (κ3) is 2.81. The molecule has 1 aliphatic rings. The Kier molecular flexibility index (Phi) is 4.09. The van der Waals surface area contributed by atoms with Crippen molar-refractivity contribution < 1.29 is 14.1 Å². The van der Waals surface area contributed by atoms with Crippen LogP contribution in [0, 0.1) is 12.8 Å². The average Bonchev–Trinajstić information content (AvgIpc) is 2.89. The summed E-state index contributed by atoms with van der Waals surface area (Å²) in [6.07, 6.45) is 2.99. The number of aromatic nitrogens is 2. The van der Waals surface area contributed by atoms with Crippen LogP contribution in [0.15, 0.2) is 28.8 Å². The lowest BCUT2D eigenvalue weighted by Gasteiger charge is -2.27. The maximum absolute atomic E-state index is 12.4. The van der Waals surface area contributed by atoms with Gasteiger partial charge in [0.15, 0.2) is 5.82 Å². The summed E-state index contributed by atoms with van der Waals surface area (Å²) < 4.78 is 10.5. The van der Waals surface area contributed by atoms with Gasteiger partial charge < -0.3 is 14.6 Å². The molecule has 6 nitrogen and oxygen atoms in total. The van der Waals surface area contributed by atoms with Gasteiger partial charge in [0, 0.05) is 18.4 Å². The molecule has 0 aliphatic heterocycles. The molecule has 2 aromatic rings. The number of ether oxygens (including phenoxy) is 1. The van der Waals surface area contributed by atoms with E-state index in [0.29, 0.717) is 17.5 Å². The Morgan fingerprint density at radius 3 is 2.77 bits per heavy atom. The molecule has 0 spiro atoms. The lowest BCUT2D eigenvalue weighted by Crippen LogP contribution is -2.37. The molecule has 0 bridgehead atoms. The SMILES string of the molecule is COc1ccccc1C(NC(=O)C1CCC1)c1noc(C)n1. The minimum Gasteiger partial charge on any atom is -0.496 e. The lowest BCUT2D eigenvalue weighted by molar-refractivity contribution is -0.127. The largest absolute Gasteiger partial charge is 0.496 e. The van der Waals surface area contributed by atoms with Gasteiger partial charge >= 0.3 is 0 Å². The Balaban J connectivity index is 1.93. The highest BCUT2D eigenvalue weighted by Crippen LogP contribution is 2.31. The highest BCUT2D eigenvalue weighted by Gasteiger charge is 2.30.